The monoisotopic (exact) mass is 312 g/mol. The molecule has 1 aromatic carbocycles. The summed E-state index contributed by atoms with van der Waals surface area (Å²) in [6.07, 6.45) is 0. The van der Waals surface area contributed by atoms with E-state index >= 15 is 0 Å². The zero-order valence-electron chi connectivity index (χ0n) is 7.68. The zero-order valence-corrected chi connectivity index (χ0v) is 12.7. The summed E-state index contributed by atoms with van der Waals surface area (Å²) in [5.41, 5.74) is 3.54. The summed E-state index contributed by atoms with van der Waals surface area (Å²) >= 11 is 25.1. The van der Waals surface area contributed by atoms with Crippen molar-refractivity contribution >= 4 is 62.9 Å². The van der Waals surface area contributed by atoms with Crippen molar-refractivity contribution in [2.24, 2.45) is 0 Å². The van der Waals surface area contributed by atoms with Gasteiger partial charge >= 0.3 is 0 Å². The van der Waals surface area contributed by atoms with Crippen LogP contribution in [0.2, 0.25) is 5.67 Å². The summed E-state index contributed by atoms with van der Waals surface area (Å²) in [6, 6.07) is 9.84. The third-order valence-electron chi connectivity index (χ3n) is 2.29. The van der Waals surface area contributed by atoms with Crippen LogP contribution in [0.25, 0.3) is 5.20 Å². The number of benzene rings is 1. The highest BCUT2D eigenvalue weighted by Gasteiger charge is 2.50. The minimum Gasteiger partial charge on any atom is -0.141 e. The highest BCUT2D eigenvalue weighted by Crippen LogP contribution is 2.48. The Balaban J connectivity index is 2.45. The molecule has 2 rings (SSSR count). The molecule has 1 aliphatic heterocycles. The largest absolute Gasteiger partial charge is 0.280 e. The Kier molecular flexibility index (Phi) is 3.28. The van der Waals surface area contributed by atoms with Gasteiger partial charge in [0.25, 0.3) is 13.4 Å². The predicted molar refractivity (Wildman–Crippen MR) is 74.1 cm³/mol. The molecule has 0 amide bonds. The highest BCUT2D eigenvalue weighted by atomic mass is 35.7. The number of hydrogen-bond acceptors (Lipinski definition) is 0. The molecule has 0 atom stereocenters. The molecular weight excluding hydrogens is 306 g/mol. The molecule has 1 aliphatic rings. The Hall–Kier alpha value is 0.554. The van der Waals surface area contributed by atoms with Crippen LogP contribution in [-0.2, 0) is 0 Å². The summed E-state index contributed by atoms with van der Waals surface area (Å²) in [4.78, 5) is 0. The fraction of sp³-hybridized carbons (Fsp3) is 0.111. The lowest BCUT2D eigenvalue weighted by atomic mass is 10.2. The first-order valence-corrected chi connectivity index (χ1v) is 13.0. The van der Waals surface area contributed by atoms with Gasteiger partial charge in [-0.15, -0.1) is 44.3 Å². The Morgan fingerprint density at radius 2 is 1.53 bits per heavy atom. The second-order valence-electron chi connectivity index (χ2n) is 3.57. The number of halogens is 4. The van der Waals surface area contributed by atoms with Gasteiger partial charge in [0.15, 0.2) is 0 Å². The molecule has 15 heavy (non-hydrogen) atoms. The fourth-order valence-corrected chi connectivity index (χ4v) is 20.7. The lowest BCUT2D eigenvalue weighted by Crippen LogP contribution is -2.24. The van der Waals surface area contributed by atoms with Gasteiger partial charge in [-0.05, 0) is 16.4 Å². The molecule has 0 saturated heterocycles. The van der Waals surface area contributed by atoms with Crippen LogP contribution in [0.1, 0.15) is 5.56 Å². The van der Waals surface area contributed by atoms with Crippen molar-refractivity contribution in [3.63, 3.8) is 0 Å². The minimum absolute atomic E-state index is 0.580. The second kappa shape index (κ2) is 4.09. The van der Waals surface area contributed by atoms with E-state index in [-0.39, 0.29) is 0 Å². The van der Waals surface area contributed by atoms with Crippen molar-refractivity contribution in [2.45, 2.75) is 5.67 Å². The molecule has 0 fully saturated rings. The molecular formula is C9H8Cl4Si2. The van der Waals surface area contributed by atoms with Crippen LogP contribution >= 0.6 is 44.3 Å². The minimum atomic E-state index is -2.44. The maximum atomic E-state index is 6.35. The van der Waals surface area contributed by atoms with Gasteiger partial charge in [-0.1, -0.05) is 36.0 Å². The first-order valence-electron chi connectivity index (χ1n) is 4.45. The van der Waals surface area contributed by atoms with Crippen LogP contribution in [0.4, 0.5) is 0 Å². The SMILES string of the molecule is Cl[Si]1(Cl)C=C(c2ccccc2)[Si](Cl)(Cl)C1. The third-order valence-corrected chi connectivity index (χ3v) is 14.9. The van der Waals surface area contributed by atoms with Crippen molar-refractivity contribution in [1.29, 1.82) is 0 Å². The highest BCUT2D eigenvalue weighted by molar-refractivity contribution is 7.64. The smallest absolute Gasteiger partial charge is 0.141 e. The number of rotatable bonds is 1. The molecule has 0 radical (unpaired) electrons. The Morgan fingerprint density at radius 3 is 2.00 bits per heavy atom. The van der Waals surface area contributed by atoms with E-state index in [0.29, 0.717) is 5.67 Å². The third kappa shape index (κ3) is 2.63. The van der Waals surface area contributed by atoms with Crippen LogP contribution in [0.5, 0.6) is 0 Å². The average Bonchev–Trinajstić information content (AvgIpc) is 2.36. The first-order chi connectivity index (χ1) is 6.91. The lowest BCUT2D eigenvalue weighted by molar-refractivity contribution is 1.65. The van der Waals surface area contributed by atoms with E-state index in [1.165, 1.54) is 0 Å². The molecule has 0 aromatic heterocycles. The van der Waals surface area contributed by atoms with E-state index in [2.05, 4.69) is 0 Å². The number of hydrogen-bond donors (Lipinski definition) is 0. The molecule has 6 heteroatoms. The maximum absolute atomic E-state index is 6.35. The summed E-state index contributed by atoms with van der Waals surface area (Å²) in [5.74, 6) is 0. The van der Waals surface area contributed by atoms with Crippen molar-refractivity contribution < 1.29 is 0 Å². The zero-order chi connectivity index (χ0) is 11.1. The molecule has 1 aromatic rings. The van der Waals surface area contributed by atoms with Gasteiger partial charge in [0.1, 0.15) is 0 Å². The van der Waals surface area contributed by atoms with Crippen molar-refractivity contribution in [2.75, 3.05) is 0 Å². The normalized spacial score (nSPS) is 22.5. The van der Waals surface area contributed by atoms with E-state index in [4.69, 9.17) is 44.3 Å². The molecule has 0 N–H and O–H groups in total. The summed E-state index contributed by atoms with van der Waals surface area (Å²) < 4.78 is 0. The van der Waals surface area contributed by atoms with Gasteiger partial charge < -0.3 is 0 Å². The van der Waals surface area contributed by atoms with E-state index in [1.807, 2.05) is 36.0 Å². The van der Waals surface area contributed by atoms with Gasteiger partial charge in [-0.3, -0.25) is 0 Å². The van der Waals surface area contributed by atoms with Crippen molar-refractivity contribution in [1.82, 2.24) is 0 Å². The van der Waals surface area contributed by atoms with Crippen LogP contribution in [0.3, 0.4) is 0 Å². The Bertz CT molecular complexity index is 400. The van der Waals surface area contributed by atoms with Crippen LogP contribution in [-0.4, -0.2) is 13.4 Å². The topological polar surface area (TPSA) is 0 Å². The van der Waals surface area contributed by atoms with E-state index in [0.717, 1.165) is 10.8 Å². The van der Waals surface area contributed by atoms with Crippen molar-refractivity contribution in [3.05, 3.63) is 41.6 Å². The summed E-state index contributed by atoms with van der Waals surface area (Å²) in [7, 11) is 0. The molecule has 0 spiro atoms. The maximum Gasteiger partial charge on any atom is 0.280 e. The van der Waals surface area contributed by atoms with Gasteiger partial charge in [-0.2, -0.15) is 0 Å². The molecule has 0 saturated carbocycles. The molecule has 0 nitrogen and oxygen atoms in total. The molecule has 0 unspecified atom stereocenters. The molecule has 0 bridgehead atoms. The van der Waals surface area contributed by atoms with Gasteiger partial charge in [0.05, 0.1) is 0 Å². The predicted octanol–water partition coefficient (Wildman–Crippen LogP) is 4.54. The van der Waals surface area contributed by atoms with Gasteiger partial charge in [0.2, 0.25) is 0 Å². The van der Waals surface area contributed by atoms with Crippen LogP contribution in [0.15, 0.2) is 36.0 Å². The summed E-state index contributed by atoms with van der Waals surface area (Å²) in [6.45, 7) is -4.78. The quantitative estimate of drug-likeness (QED) is 0.527. The Morgan fingerprint density at radius 1 is 0.933 bits per heavy atom. The molecule has 0 aliphatic carbocycles. The average molecular weight is 314 g/mol. The van der Waals surface area contributed by atoms with Gasteiger partial charge in [-0.25, -0.2) is 0 Å². The first kappa shape index (κ1) is 12.0. The van der Waals surface area contributed by atoms with Crippen molar-refractivity contribution in [3.8, 4) is 0 Å². The lowest BCUT2D eigenvalue weighted by Gasteiger charge is -2.15. The van der Waals surface area contributed by atoms with Crippen LogP contribution < -0.4 is 0 Å². The Labute approximate surface area is 110 Å². The van der Waals surface area contributed by atoms with E-state index in [9.17, 15) is 0 Å². The summed E-state index contributed by atoms with van der Waals surface area (Å²) in [5, 5.41) is 0.975. The fourth-order valence-electron chi connectivity index (χ4n) is 1.67. The molecule has 80 valence electrons. The van der Waals surface area contributed by atoms with Gasteiger partial charge in [0, 0.05) is 0 Å². The van der Waals surface area contributed by atoms with E-state index < -0.39 is 13.4 Å². The second-order valence-corrected chi connectivity index (χ2v) is 17.8. The molecule has 1 heterocycles. The van der Waals surface area contributed by atoms with E-state index in [1.54, 1.807) is 0 Å². The standard InChI is InChI=1S/C9H8Cl4Si2/c10-14(11)6-9(15(12,13)7-14)8-4-2-1-3-5-8/h1-6H,7H2. The van der Waals surface area contributed by atoms with Crippen LogP contribution in [0, 0.1) is 0 Å².